The molecule has 0 radical (unpaired) electrons. The van der Waals surface area contributed by atoms with Crippen LogP contribution in [0.4, 0.5) is 10.1 Å². The van der Waals surface area contributed by atoms with E-state index < -0.39 is 11.7 Å². The number of alkyl halides is 1. The van der Waals surface area contributed by atoms with E-state index in [2.05, 4.69) is 5.32 Å². The topological polar surface area (TPSA) is 29.1 Å². The molecule has 0 heterocycles. The summed E-state index contributed by atoms with van der Waals surface area (Å²) in [6.45, 7) is 1.80. The van der Waals surface area contributed by atoms with Crippen molar-refractivity contribution in [3.63, 3.8) is 0 Å². The Labute approximate surface area is 126 Å². The zero-order chi connectivity index (χ0) is 14.7. The first-order chi connectivity index (χ1) is 9.49. The Morgan fingerprint density at radius 2 is 1.95 bits per heavy atom. The smallest absolute Gasteiger partial charge is 0.258 e. The number of anilines is 1. The van der Waals surface area contributed by atoms with E-state index in [-0.39, 0.29) is 10.9 Å². The molecule has 2 aromatic rings. The van der Waals surface area contributed by atoms with E-state index in [1.165, 1.54) is 12.1 Å². The van der Waals surface area contributed by atoms with Gasteiger partial charge in [-0.1, -0.05) is 29.8 Å². The number of nitrogens with one attached hydrogen (secondary N) is 1. The summed E-state index contributed by atoms with van der Waals surface area (Å²) < 4.78 is 13.6. The van der Waals surface area contributed by atoms with Crippen LogP contribution in [0.3, 0.4) is 0 Å². The number of carbonyl (C=O) groups is 1. The monoisotopic (exact) mass is 311 g/mol. The van der Waals surface area contributed by atoms with Gasteiger partial charge >= 0.3 is 0 Å². The van der Waals surface area contributed by atoms with Crippen molar-refractivity contribution in [2.75, 3.05) is 5.32 Å². The lowest BCUT2D eigenvalue weighted by Crippen LogP contribution is -2.15. The quantitative estimate of drug-likeness (QED) is 0.791. The minimum Gasteiger partial charge on any atom is -0.322 e. The van der Waals surface area contributed by atoms with Gasteiger partial charge in [0.1, 0.15) is 5.82 Å². The van der Waals surface area contributed by atoms with Crippen LogP contribution in [0.25, 0.3) is 0 Å². The lowest BCUT2D eigenvalue weighted by molar-refractivity contribution is 0.102. The van der Waals surface area contributed by atoms with Gasteiger partial charge in [0.15, 0.2) is 0 Å². The van der Waals surface area contributed by atoms with Gasteiger partial charge in [0.2, 0.25) is 0 Å². The number of halogens is 3. The summed E-state index contributed by atoms with van der Waals surface area (Å²) in [6, 6.07) is 11.0. The third kappa shape index (κ3) is 3.30. The predicted octanol–water partition coefficient (Wildman–Crippen LogP) is 5.03. The normalized spacial score (nSPS) is 12.0. The molecule has 5 heteroatoms. The Balaban J connectivity index is 2.31. The van der Waals surface area contributed by atoms with Gasteiger partial charge in [-0.15, -0.1) is 11.6 Å². The highest BCUT2D eigenvalue weighted by Gasteiger charge is 2.15. The van der Waals surface area contributed by atoms with Gasteiger partial charge in [-0.3, -0.25) is 4.79 Å². The molecule has 0 aliphatic rings. The van der Waals surface area contributed by atoms with Crippen LogP contribution < -0.4 is 5.32 Å². The average molecular weight is 312 g/mol. The molecule has 0 aromatic heterocycles. The minimum absolute atomic E-state index is 0.102. The summed E-state index contributed by atoms with van der Waals surface area (Å²) >= 11 is 11.8. The Kier molecular flexibility index (Phi) is 4.63. The van der Waals surface area contributed by atoms with Crippen LogP contribution in [-0.2, 0) is 0 Å². The van der Waals surface area contributed by atoms with Crippen molar-refractivity contribution >= 4 is 34.8 Å². The van der Waals surface area contributed by atoms with Gasteiger partial charge in [-0.2, -0.15) is 0 Å². The summed E-state index contributed by atoms with van der Waals surface area (Å²) in [5, 5.41) is 2.69. The molecule has 1 atom stereocenters. The van der Waals surface area contributed by atoms with Crippen molar-refractivity contribution in [3.8, 4) is 0 Å². The molecule has 1 unspecified atom stereocenters. The van der Waals surface area contributed by atoms with Crippen LogP contribution in [0.1, 0.15) is 28.2 Å². The number of carbonyl (C=O) groups excluding carboxylic acids is 1. The fourth-order valence-corrected chi connectivity index (χ4v) is 2.18. The van der Waals surface area contributed by atoms with Crippen molar-refractivity contribution in [3.05, 3.63) is 64.4 Å². The lowest BCUT2D eigenvalue weighted by Gasteiger charge is -2.12. The molecule has 2 nitrogen and oxygen atoms in total. The number of hydrogen-bond acceptors (Lipinski definition) is 1. The van der Waals surface area contributed by atoms with Crippen LogP contribution in [-0.4, -0.2) is 5.91 Å². The molecule has 20 heavy (non-hydrogen) atoms. The molecule has 0 saturated carbocycles. The van der Waals surface area contributed by atoms with Crippen LogP contribution in [0.15, 0.2) is 42.5 Å². The molecule has 0 spiro atoms. The number of rotatable bonds is 3. The van der Waals surface area contributed by atoms with E-state index in [1.54, 1.807) is 19.1 Å². The molecule has 2 rings (SSSR count). The molecule has 0 saturated heterocycles. The van der Waals surface area contributed by atoms with Crippen LogP contribution in [0, 0.1) is 5.82 Å². The molecular formula is C15H12Cl2FNO. The molecule has 1 N–H and O–H groups in total. The number of benzene rings is 2. The molecule has 0 fully saturated rings. The van der Waals surface area contributed by atoms with Crippen molar-refractivity contribution in [1.82, 2.24) is 0 Å². The van der Waals surface area contributed by atoms with Gasteiger partial charge < -0.3 is 5.32 Å². The fourth-order valence-electron chi connectivity index (χ4n) is 1.82. The molecule has 2 aromatic carbocycles. The van der Waals surface area contributed by atoms with Crippen LogP contribution in [0.5, 0.6) is 0 Å². The maximum Gasteiger partial charge on any atom is 0.258 e. The third-order valence-electron chi connectivity index (χ3n) is 2.81. The summed E-state index contributed by atoms with van der Waals surface area (Å²) in [4.78, 5) is 12.1. The highest BCUT2D eigenvalue weighted by molar-refractivity contribution is 6.31. The van der Waals surface area contributed by atoms with Crippen molar-refractivity contribution < 1.29 is 9.18 Å². The van der Waals surface area contributed by atoms with Gasteiger partial charge in [-0.05, 0) is 36.8 Å². The molecule has 1 amide bonds. The molecule has 0 aliphatic carbocycles. The molecular weight excluding hydrogens is 300 g/mol. The summed E-state index contributed by atoms with van der Waals surface area (Å²) in [5.74, 6) is -1.18. The number of para-hydroxylation sites is 1. The largest absolute Gasteiger partial charge is 0.322 e. The lowest BCUT2D eigenvalue weighted by atomic mass is 10.1. The van der Waals surface area contributed by atoms with Crippen LogP contribution >= 0.6 is 23.2 Å². The van der Waals surface area contributed by atoms with Gasteiger partial charge in [0, 0.05) is 10.7 Å². The highest BCUT2D eigenvalue weighted by atomic mass is 35.5. The standard InChI is InChI=1S/C15H12Cl2FNO/c1-9(16)11-4-2-3-5-14(11)19-15(20)12-8-10(17)6-7-13(12)18/h2-9H,1H3,(H,19,20). The summed E-state index contributed by atoms with van der Waals surface area (Å²) in [7, 11) is 0. The van der Waals surface area contributed by atoms with Crippen molar-refractivity contribution in [1.29, 1.82) is 0 Å². The Bertz CT molecular complexity index is 644. The number of hydrogen-bond donors (Lipinski definition) is 1. The first-order valence-electron chi connectivity index (χ1n) is 5.98. The Morgan fingerprint density at radius 1 is 1.25 bits per heavy atom. The second-order valence-electron chi connectivity index (χ2n) is 4.28. The van der Waals surface area contributed by atoms with E-state index in [0.717, 1.165) is 11.6 Å². The zero-order valence-corrected chi connectivity index (χ0v) is 12.2. The summed E-state index contributed by atoms with van der Waals surface area (Å²) in [6.07, 6.45) is 0. The van der Waals surface area contributed by atoms with E-state index in [4.69, 9.17) is 23.2 Å². The van der Waals surface area contributed by atoms with Crippen LogP contribution in [0.2, 0.25) is 5.02 Å². The third-order valence-corrected chi connectivity index (χ3v) is 3.28. The van der Waals surface area contributed by atoms with E-state index in [1.807, 2.05) is 12.1 Å². The molecule has 0 aliphatic heterocycles. The maximum atomic E-state index is 13.6. The second-order valence-corrected chi connectivity index (χ2v) is 5.37. The summed E-state index contributed by atoms with van der Waals surface area (Å²) in [5.41, 5.74) is 1.22. The van der Waals surface area contributed by atoms with Gasteiger partial charge in [-0.25, -0.2) is 4.39 Å². The SMILES string of the molecule is CC(Cl)c1ccccc1NC(=O)c1cc(Cl)ccc1F. The van der Waals surface area contributed by atoms with Gasteiger partial charge in [0.05, 0.1) is 10.9 Å². The maximum absolute atomic E-state index is 13.6. The van der Waals surface area contributed by atoms with Gasteiger partial charge in [0.25, 0.3) is 5.91 Å². The van der Waals surface area contributed by atoms with Crippen molar-refractivity contribution in [2.24, 2.45) is 0 Å². The minimum atomic E-state index is -0.622. The van der Waals surface area contributed by atoms with E-state index >= 15 is 0 Å². The first-order valence-corrected chi connectivity index (χ1v) is 6.80. The highest BCUT2D eigenvalue weighted by Crippen LogP contribution is 2.27. The number of amides is 1. The van der Waals surface area contributed by atoms with Crippen molar-refractivity contribution in [2.45, 2.75) is 12.3 Å². The van der Waals surface area contributed by atoms with E-state index in [9.17, 15) is 9.18 Å². The molecule has 104 valence electrons. The average Bonchev–Trinajstić information content (AvgIpc) is 2.41. The predicted molar refractivity (Wildman–Crippen MR) is 80.1 cm³/mol. The Hall–Kier alpha value is -1.58. The Morgan fingerprint density at radius 3 is 2.65 bits per heavy atom. The second kappa shape index (κ2) is 6.25. The van der Waals surface area contributed by atoms with E-state index in [0.29, 0.717) is 10.7 Å². The molecule has 0 bridgehead atoms. The zero-order valence-electron chi connectivity index (χ0n) is 10.7. The fraction of sp³-hybridized carbons (Fsp3) is 0.133. The first kappa shape index (κ1) is 14.8.